The molecule has 0 N–H and O–H groups in total. The van der Waals surface area contributed by atoms with E-state index in [4.69, 9.17) is 16.3 Å². The molecule has 0 unspecified atom stereocenters. The fourth-order valence-electron chi connectivity index (χ4n) is 2.87. The van der Waals surface area contributed by atoms with Gasteiger partial charge in [0, 0.05) is 18.1 Å². The van der Waals surface area contributed by atoms with E-state index in [1.54, 1.807) is 31.2 Å². The molecule has 0 fully saturated rings. The van der Waals surface area contributed by atoms with Crippen molar-refractivity contribution in [3.05, 3.63) is 101 Å². The number of ether oxygens (including phenoxy) is 1. The zero-order valence-electron chi connectivity index (χ0n) is 15.2. The first kappa shape index (κ1) is 19.0. The molecule has 0 aliphatic heterocycles. The van der Waals surface area contributed by atoms with Gasteiger partial charge in [-0.3, -0.25) is 4.79 Å². The summed E-state index contributed by atoms with van der Waals surface area (Å²) in [5.74, 6) is 0.519. The third-order valence-electron chi connectivity index (χ3n) is 4.20. The van der Waals surface area contributed by atoms with Gasteiger partial charge in [-0.2, -0.15) is 0 Å². The van der Waals surface area contributed by atoms with Crippen LogP contribution >= 0.6 is 11.6 Å². The van der Waals surface area contributed by atoms with Crippen molar-refractivity contribution in [3.63, 3.8) is 0 Å². The van der Waals surface area contributed by atoms with Crippen molar-refractivity contribution in [1.29, 1.82) is 0 Å². The van der Waals surface area contributed by atoms with Crippen LogP contribution in [0.4, 0.5) is 0 Å². The van der Waals surface area contributed by atoms with Crippen molar-refractivity contribution in [2.75, 3.05) is 0 Å². The van der Waals surface area contributed by atoms with Crippen molar-refractivity contribution in [2.24, 2.45) is 0 Å². The van der Waals surface area contributed by atoms with Gasteiger partial charge >= 0.3 is 0 Å². The average molecular weight is 380 g/mol. The van der Waals surface area contributed by atoms with Gasteiger partial charge in [0.15, 0.2) is 6.10 Å². The first-order chi connectivity index (χ1) is 13.1. The molecule has 0 spiro atoms. The van der Waals surface area contributed by atoms with Gasteiger partial charge in [0.05, 0.1) is 0 Å². The molecule has 0 aliphatic carbocycles. The Labute approximate surface area is 165 Å². The maximum absolute atomic E-state index is 13.1. The minimum absolute atomic E-state index is 0.0670. The monoisotopic (exact) mass is 379 g/mol. The van der Waals surface area contributed by atoms with Crippen molar-refractivity contribution < 1.29 is 9.53 Å². The number of hydrogen-bond acceptors (Lipinski definition) is 2. The molecule has 1 amide bonds. The lowest BCUT2D eigenvalue weighted by molar-refractivity contribution is -0.139. The number of benzene rings is 3. The lowest BCUT2D eigenvalue weighted by Crippen LogP contribution is -2.39. The van der Waals surface area contributed by atoms with Gasteiger partial charge in [-0.15, -0.1) is 0 Å². The standard InChI is InChI=1S/C23H22ClNO2/c1-18(27-22-14-8-13-21(24)15-22)23(26)25(16-19-9-4-2-5-10-19)17-20-11-6-3-7-12-20/h2-15,18H,16-17H2,1H3/t18-/m0/s1. The highest BCUT2D eigenvalue weighted by molar-refractivity contribution is 6.30. The third kappa shape index (κ3) is 5.60. The van der Waals surface area contributed by atoms with Crippen LogP contribution in [0, 0.1) is 0 Å². The quantitative estimate of drug-likeness (QED) is 0.554. The summed E-state index contributed by atoms with van der Waals surface area (Å²) >= 11 is 6.01. The molecule has 27 heavy (non-hydrogen) atoms. The van der Waals surface area contributed by atoms with E-state index in [-0.39, 0.29) is 5.91 Å². The number of carbonyl (C=O) groups excluding carboxylic acids is 1. The Morgan fingerprint density at radius 2 is 1.44 bits per heavy atom. The Morgan fingerprint density at radius 3 is 1.96 bits per heavy atom. The summed E-state index contributed by atoms with van der Waals surface area (Å²) in [4.78, 5) is 14.9. The van der Waals surface area contributed by atoms with Crippen LogP contribution in [0.25, 0.3) is 0 Å². The van der Waals surface area contributed by atoms with E-state index in [1.165, 1.54) is 0 Å². The second-order valence-corrected chi connectivity index (χ2v) is 6.82. The van der Waals surface area contributed by atoms with Crippen LogP contribution in [0.15, 0.2) is 84.9 Å². The van der Waals surface area contributed by atoms with Gasteiger partial charge in [-0.05, 0) is 36.2 Å². The van der Waals surface area contributed by atoms with Crippen LogP contribution < -0.4 is 4.74 Å². The summed E-state index contributed by atoms with van der Waals surface area (Å²) in [6, 6.07) is 27.0. The summed E-state index contributed by atoms with van der Waals surface area (Å²) in [5, 5.41) is 0.581. The summed E-state index contributed by atoms with van der Waals surface area (Å²) < 4.78 is 5.84. The fourth-order valence-corrected chi connectivity index (χ4v) is 3.05. The molecule has 3 aromatic carbocycles. The molecule has 3 aromatic rings. The molecule has 0 heterocycles. The van der Waals surface area contributed by atoms with Crippen molar-refractivity contribution >= 4 is 17.5 Å². The Kier molecular flexibility index (Phi) is 6.50. The van der Waals surface area contributed by atoms with Gasteiger partial charge in [0.2, 0.25) is 0 Å². The fraction of sp³-hybridized carbons (Fsp3) is 0.174. The lowest BCUT2D eigenvalue weighted by Gasteiger charge is -2.26. The normalized spacial score (nSPS) is 11.6. The van der Waals surface area contributed by atoms with Crippen LogP contribution in [0.3, 0.4) is 0 Å². The maximum atomic E-state index is 13.1. The lowest BCUT2D eigenvalue weighted by atomic mass is 10.1. The largest absolute Gasteiger partial charge is 0.481 e. The minimum Gasteiger partial charge on any atom is -0.481 e. The van der Waals surface area contributed by atoms with Crippen molar-refractivity contribution in [2.45, 2.75) is 26.1 Å². The number of nitrogens with zero attached hydrogens (tertiary/aromatic N) is 1. The number of halogens is 1. The minimum atomic E-state index is -0.615. The third-order valence-corrected chi connectivity index (χ3v) is 4.44. The van der Waals surface area contributed by atoms with E-state index in [0.717, 1.165) is 11.1 Å². The van der Waals surface area contributed by atoms with E-state index in [2.05, 4.69) is 0 Å². The molecule has 3 rings (SSSR count). The van der Waals surface area contributed by atoms with Crippen molar-refractivity contribution in [1.82, 2.24) is 4.90 Å². The average Bonchev–Trinajstić information content (AvgIpc) is 2.68. The zero-order valence-corrected chi connectivity index (χ0v) is 16.0. The van der Waals surface area contributed by atoms with Gasteiger partial charge in [0.1, 0.15) is 5.75 Å². The summed E-state index contributed by atoms with van der Waals surface area (Å²) in [5.41, 5.74) is 2.16. The van der Waals surface area contributed by atoms with E-state index >= 15 is 0 Å². The highest BCUT2D eigenvalue weighted by Gasteiger charge is 2.22. The van der Waals surface area contributed by atoms with Crippen LogP contribution in [0.5, 0.6) is 5.75 Å². The molecular weight excluding hydrogens is 358 g/mol. The topological polar surface area (TPSA) is 29.5 Å². The highest BCUT2D eigenvalue weighted by atomic mass is 35.5. The van der Waals surface area contributed by atoms with E-state index in [1.807, 2.05) is 65.6 Å². The van der Waals surface area contributed by atoms with Gasteiger partial charge in [-0.25, -0.2) is 0 Å². The molecule has 0 saturated heterocycles. The summed E-state index contributed by atoms with van der Waals surface area (Å²) in [6.07, 6.45) is -0.615. The SMILES string of the molecule is C[C@H](Oc1cccc(Cl)c1)C(=O)N(Cc1ccccc1)Cc1ccccc1. The Morgan fingerprint density at radius 1 is 0.889 bits per heavy atom. The maximum Gasteiger partial charge on any atom is 0.263 e. The van der Waals surface area contributed by atoms with Crippen LogP contribution in [0.2, 0.25) is 5.02 Å². The molecular formula is C23H22ClNO2. The molecule has 4 heteroatoms. The van der Waals surface area contributed by atoms with Crippen LogP contribution in [-0.4, -0.2) is 16.9 Å². The molecule has 138 valence electrons. The van der Waals surface area contributed by atoms with Gasteiger partial charge in [-0.1, -0.05) is 78.3 Å². The summed E-state index contributed by atoms with van der Waals surface area (Å²) in [7, 11) is 0. The first-order valence-electron chi connectivity index (χ1n) is 8.90. The number of amides is 1. The molecule has 0 bridgehead atoms. The van der Waals surface area contributed by atoms with Crippen molar-refractivity contribution in [3.8, 4) is 5.75 Å². The zero-order chi connectivity index (χ0) is 19.1. The van der Waals surface area contributed by atoms with E-state index in [0.29, 0.717) is 23.9 Å². The Bertz CT molecular complexity index is 826. The molecule has 0 saturated carbocycles. The van der Waals surface area contributed by atoms with E-state index in [9.17, 15) is 4.79 Å². The second-order valence-electron chi connectivity index (χ2n) is 6.38. The molecule has 0 radical (unpaired) electrons. The van der Waals surface area contributed by atoms with Crippen LogP contribution in [-0.2, 0) is 17.9 Å². The number of hydrogen-bond donors (Lipinski definition) is 0. The molecule has 0 aromatic heterocycles. The molecule has 1 atom stereocenters. The Balaban J connectivity index is 1.76. The highest BCUT2D eigenvalue weighted by Crippen LogP contribution is 2.20. The molecule has 0 aliphatic rings. The van der Waals surface area contributed by atoms with Gasteiger partial charge < -0.3 is 9.64 Å². The molecule has 3 nitrogen and oxygen atoms in total. The number of rotatable bonds is 7. The smallest absolute Gasteiger partial charge is 0.263 e. The predicted octanol–water partition coefficient (Wildman–Crippen LogP) is 5.34. The Hall–Kier alpha value is -2.78. The second kappa shape index (κ2) is 9.24. The first-order valence-corrected chi connectivity index (χ1v) is 9.28. The van der Waals surface area contributed by atoms with Gasteiger partial charge in [0.25, 0.3) is 5.91 Å². The summed E-state index contributed by atoms with van der Waals surface area (Å²) in [6.45, 7) is 2.82. The van der Waals surface area contributed by atoms with Crippen LogP contribution in [0.1, 0.15) is 18.1 Å². The predicted molar refractivity (Wildman–Crippen MR) is 109 cm³/mol. The number of carbonyl (C=O) groups is 1. The van der Waals surface area contributed by atoms with E-state index < -0.39 is 6.10 Å².